The second kappa shape index (κ2) is 9.57. The van der Waals surface area contributed by atoms with Crippen molar-refractivity contribution in [1.82, 2.24) is 0 Å². The monoisotopic (exact) mass is 290 g/mol. The zero-order valence-corrected chi connectivity index (χ0v) is 11.8. The molecule has 0 aliphatic heterocycles. The van der Waals surface area contributed by atoms with Crippen LogP contribution in [0.2, 0.25) is 0 Å². The highest BCUT2D eigenvalue weighted by atomic mass is 32.2. The van der Waals surface area contributed by atoms with Crippen LogP contribution in [0.1, 0.15) is 13.8 Å². The van der Waals surface area contributed by atoms with Crippen molar-refractivity contribution in [2.75, 3.05) is 19.0 Å². The van der Waals surface area contributed by atoms with Crippen LogP contribution >= 0.6 is 11.8 Å². The first-order valence-corrected chi connectivity index (χ1v) is 6.63. The molecule has 0 aromatic heterocycles. The van der Waals surface area contributed by atoms with Gasteiger partial charge in [0.25, 0.3) is 0 Å². The molecule has 0 radical (unpaired) electrons. The maximum atomic E-state index is 11.6. The average molecular weight is 290 g/mol. The third kappa shape index (κ3) is 7.63. The number of thioether (sulfide) groups is 1. The highest BCUT2D eigenvalue weighted by molar-refractivity contribution is 8.13. The molecule has 0 aliphatic rings. The third-order valence-corrected chi connectivity index (χ3v) is 3.04. The van der Waals surface area contributed by atoms with E-state index in [4.69, 9.17) is 9.84 Å². The van der Waals surface area contributed by atoms with E-state index >= 15 is 0 Å². The van der Waals surface area contributed by atoms with Gasteiger partial charge in [0.15, 0.2) is 5.12 Å². The minimum atomic E-state index is -1.35. The van der Waals surface area contributed by atoms with Crippen LogP contribution < -0.4 is 0 Å². The van der Waals surface area contributed by atoms with Gasteiger partial charge < -0.3 is 14.6 Å². The van der Waals surface area contributed by atoms with Gasteiger partial charge in [0.1, 0.15) is 6.61 Å². The molecule has 0 aliphatic carbocycles. The molecule has 2 atom stereocenters. The molecule has 0 heterocycles. The van der Waals surface area contributed by atoms with Crippen LogP contribution in [0.5, 0.6) is 0 Å². The molecule has 1 unspecified atom stereocenters. The van der Waals surface area contributed by atoms with Crippen molar-refractivity contribution in [3.05, 3.63) is 12.7 Å². The molecule has 19 heavy (non-hydrogen) atoms. The molecular weight excluding hydrogens is 272 g/mol. The molecule has 108 valence electrons. The molecule has 0 bridgehead atoms. The number of hydrogen-bond donors (Lipinski definition) is 1. The molecule has 0 spiro atoms. The highest BCUT2D eigenvalue weighted by Crippen LogP contribution is 2.12. The Morgan fingerprint density at radius 3 is 2.47 bits per heavy atom. The Morgan fingerprint density at radius 2 is 2.00 bits per heavy atom. The van der Waals surface area contributed by atoms with Gasteiger partial charge in [0.2, 0.25) is 6.10 Å². The van der Waals surface area contributed by atoms with Gasteiger partial charge in [-0.1, -0.05) is 31.3 Å². The number of aliphatic hydroxyl groups excluding tert-OH is 1. The first kappa shape index (κ1) is 17.7. The second-order valence-electron chi connectivity index (χ2n) is 3.73. The van der Waals surface area contributed by atoms with Gasteiger partial charge in [-0.2, -0.15) is 0 Å². The van der Waals surface area contributed by atoms with E-state index in [0.29, 0.717) is 0 Å². The maximum Gasteiger partial charge on any atom is 0.350 e. The van der Waals surface area contributed by atoms with Crippen LogP contribution in [0.15, 0.2) is 12.7 Å². The summed E-state index contributed by atoms with van der Waals surface area (Å²) in [6.07, 6.45) is 0.0116. The third-order valence-electron chi connectivity index (χ3n) is 1.97. The Morgan fingerprint density at radius 1 is 1.37 bits per heavy atom. The molecule has 0 aromatic carbocycles. The number of hydrogen-bond acceptors (Lipinski definition) is 7. The predicted molar refractivity (Wildman–Crippen MR) is 70.4 cm³/mol. The minimum Gasteiger partial charge on any atom is -0.459 e. The number of ether oxygens (including phenoxy) is 2. The SMILES string of the molecule is C=CCOC(=O)C(CO)OC(=O)[C@H](C)CSC(C)=O. The predicted octanol–water partition coefficient (Wildman–Crippen LogP) is 0.536. The van der Waals surface area contributed by atoms with E-state index in [9.17, 15) is 14.4 Å². The summed E-state index contributed by atoms with van der Waals surface area (Å²) in [5.74, 6) is -1.80. The van der Waals surface area contributed by atoms with Gasteiger partial charge >= 0.3 is 11.9 Å². The summed E-state index contributed by atoms with van der Waals surface area (Å²) in [6.45, 7) is 5.65. The lowest BCUT2D eigenvalue weighted by Gasteiger charge is -2.16. The molecule has 0 saturated heterocycles. The Kier molecular flexibility index (Phi) is 8.90. The quantitative estimate of drug-likeness (QED) is 0.515. The molecule has 0 amide bonds. The summed E-state index contributed by atoms with van der Waals surface area (Å²) in [7, 11) is 0. The van der Waals surface area contributed by atoms with Gasteiger partial charge in [-0.15, -0.1) is 0 Å². The van der Waals surface area contributed by atoms with Crippen LogP contribution in [0.4, 0.5) is 0 Å². The number of rotatable bonds is 8. The molecule has 7 heteroatoms. The van der Waals surface area contributed by atoms with Gasteiger partial charge in [-0.25, -0.2) is 4.79 Å². The number of aliphatic hydroxyl groups is 1. The fraction of sp³-hybridized carbons (Fsp3) is 0.583. The van der Waals surface area contributed by atoms with Gasteiger partial charge in [0, 0.05) is 12.7 Å². The lowest BCUT2D eigenvalue weighted by Crippen LogP contribution is -2.34. The number of esters is 2. The van der Waals surface area contributed by atoms with Crippen molar-refractivity contribution >= 4 is 28.8 Å². The summed E-state index contributed by atoms with van der Waals surface area (Å²) in [5, 5.41) is 8.87. The fourth-order valence-electron chi connectivity index (χ4n) is 0.961. The summed E-state index contributed by atoms with van der Waals surface area (Å²) in [6, 6.07) is 0. The average Bonchev–Trinajstić information content (AvgIpc) is 2.38. The van der Waals surface area contributed by atoms with E-state index in [2.05, 4.69) is 11.3 Å². The highest BCUT2D eigenvalue weighted by Gasteiger charge is 2.26. The van der Waals surface area contributed by atoms with Crippen LogP contribution in [0.3, 0.4) is 0 Å². The molecule has 1 N–H and O–H groups in total. The Balaban J connectivity index is 4.28. The van der Waals surface area contributed by atoms with Gasteiger partial charge in [0.05, 0.1) is 12.5 Å². The zero-order chi connectivity index (χ0) is 14.8. The topological polar surface area (TPSA) is 89.9 Å². The Bertz CT molecular complexity index is 341. The van der Waals surface area contributed by atoms with Crippen molar-refractivity contribution < 1.29 is 29.0 Å². The van der Waals surface area contributed by atoms with Crippen molar-refractivity contribution in [3.8, 4) is 0 Å². The van der Waals surface area contributed by atoms with E-state index in [1.165, 1.54) is 13.0 Å². The lowest BCUT2D eigenvalue weighted by molar-refractivity contribution is -0.171. The van der Waals surface area contributed by atoms with Crippen molar-refractivity contribution in [2.24, 2.45) is 5.92 Å². The molecule has 0 fully saturated rings. The molecule has 0 rings (SSSR count). The molecular formula is C12H18O6S. The standard InChI is InChI=1S/C12H18O6S/c1-4-5-17-12(16)10(6-13)18-11(15)8(2)7-19-9(3)14/h4,8,10,13H,1,5-7H2,2-3H3/t8-,10?/m1/s1. The Hall–Kier alpha value is -1.34. The molecule has 6 nitrogen and oxygen atoms in total. The number of carbonyl (C=O) groups is 3. The first-order chi connectivity index (χ1) is 8.92. The summed E-state index contributed by atoms with van der Waals surface area (Å²) in [5.41, 5.74) is 0. The van der Waals surface area contributed by atoms with Crippen LogP contribution in [-0.2, 0) is 23.9 Å². The summed E-state index contributed by atoms with van der Waals surface area (Å²) in [4.78, 5) is 33.8. The van der Waals surface area contributed by atoms with E-state index in [0.717, 1.165) is 11.8 Å². The number of carbonyl (C=O) groups excluding carboxylic acids is 3. The molecule has 0 saturated carbocycles. The largest absolute Gasteiger partial charge is 0.459 e. The fourth-order valence-corrected chi connectivity index (χ4v) is 1.58. The van der Waals surface area contributed by atoms with E-state index < -0.39 is 30.6 Å². The smallest absolute Gasteiger partial charge is 0.350 e. The Labute approximate surface area is 116 Å². The molecule has 0 aromatic rings. The van der Waals surface area contributed by atoms with Gasteiger partial charge in [-0.3, -0.25) is 9.59 Å². The first-order valence-electron chi connectivity index (χ1n) is 5.64. The van der Waals surface area contributed by atoms with Crippen LogP contribution in [0, 0.1) is 5.92 Å². The lowest BCUT2D eigenvalue weighted by atomic mass is 10.2. The second-order valence-corrected chi connectivity index (χ2v) is 4.93. The van der Waals surface area contributed by atoms with Crippen molar-refractivity contribution in [2.45, 2.75) is 20.0 Å². The zero-order valence-electron chi connectivity index (χ0n) is 11.0. The maximum absolute atomic E-state index is 11.6. The summed E-state index contributed by atoms with van der Waals surface area (Å²) < 4.78 is 9.50. The van der Waals surface area contributed by atoms with Crippen molar-refractivity contribution in [3.63, 3.8) is 0 Å². The van der Waals surface area contributed by atoms with Gasteiger partial charge in [-0.05, 0) is 0 Å². The van der Waals surface area contributed by atoms with Crippen molar-refractivity contribution in [1.29, 1.82) is 0 Å². The van der Waals surface area contributed by atoms with E-state index in [-0.39, 0.29) is 17.5 Å². The minimum absolute atomic E-state index is 0.0252. The van der Waals surface area contributed by atoms with Crippen LogP contribution in [0.25, 0.3) is 0 Å². The summed E-state index contributed by atoms with van der Waals surface area (Å²) >= 11 is 0.993. The van der Waals surface area contributed by atoms with Crippen LogP contribution in [-0.4, -0.2) is 47.2 Å². The van der Waals surface area contributed by atoms with E-state index in [1.54, 1.807) is 6.92 Å². The van der Waals surface area contributed by atoms with E-state index in [1.807, 2.05) is 0 Å². The normalized spacial score (nSPS) is 13.2.